The number of rotatable bonds is 4. The summed E-state index contributed by atoms with van der Waals surface area (Å²) >= 11 is 0. The number of amides is 1. The van der Waals surface area contributed by atoms with Gasteiger partial charge < -0.3 is 9.88 Å². The maximum Gasteiger partial charge on any atom is 0.348 e. The molecule has 24 heavy (non-hydrogen) atoms. The lowest BCUT2D eigenvalue weighted by Crippen LogP contribution is -2.33. The van der Waals surface area contributed by atoms with Gasteiger partial charge in [0.25, 0.3) is 5.91 Å². The number of pyridine rings is 1. The second-order valence-corrected chi connectivity index (χ2v) is 5.65. The molecule has 8 heteroatoms. The Morgan fingerprint density at radius 3 is 2.79 bits per heavy atom. The van der Waals surface area contributed by atoms with Gasteiger partial charge in [-0.1, -0.05) is 0 Å². The normalized spacial score (nSPS) is 11.0. The van der Waals surface area contributed by atoms with Crippen molar-refractivity contribution in [3.05, 3.63) is 52.1 Å². The molecule has 0 bridgehead atoms. The van der Waals surface area contributed by atoms with E-state index in [1.165, 1.54) is 10.8 Å². The molecule has 124 valence electrons. The number of carbonyl (C=O) groups is 1. The number of carbonyl (C=O) groups excluding carboxylic acids is 1. The molecule has 0 spiro atoms. The molecule has 3 aromatic heterocycles. The smallest absolute Gasteiger partial charge is 0.348 e. The van der Waals surface area contributed by atoms with Crippen LogP contribution in [0, 0.1) is 13.8 Å². The Balaban J connectivity index is 1.68. The standard InChI is InChI=1S/C16H18N6O2/c1-10-6-11(2)22(16(24)20-10)5-4-17-15(23)12-7-13-14(18-8-12)21(3)9-19-13/h6-9H,4-5H2,1-3H3,(H,17,23). The molecule has 8 nitrogen and oxygen atoms in total. The van der Waals surface area contributed by atoms with E-state index < -0.39 is 0 Å². The van der Waals surface area contributed by atoms with Crippen molar-refractivity contribution in [3.8, 4) is 0 Å². The Morgan fingerprint density at radius 1 is 1.25 bits per heavy atom. The van der Waals surface area contributed by atoms with Crippen LogP contribution < -0.4 is 11.0 Å². The molecule has 0 saturated heterocycles. The van der Waals surface area contributed by atoms with E-state index in [-0.39, 0.29) is 11.6 Å². The number of fused-ring (bicyclic) bond motifs is 1. The van der Waals surface area contributed by atoms with Gasteiger partial charge in [0.15, 0.2) is 5.65 Å². The molecule has 0 aliphatic rings. The molecule has 0 saturated carbocycles. The molecular weight excluding hydrogens is 308 g/mol. The summed E-state index contributed by atoms with van der Waals surface area (Å²) in [5, 5.41) is 2.79. The minimum Gasteiger partial charge on any atom is -0.350 e. The molecule has 3 rings (SSSR count). The van der Waals surface area contributed by atoms with E-state index in [0.29, 0.717) is 29.9 Å². The fourth-order valence-corrected chi connectivity index (χ4v) is 2.57. The summed E-state index contributed by atoms with van der Waals surface area (Å²) in [5.41, 5.74) is 3.02. The maximum atomic E-state index is 12.2. The predicted molar refractivity (Wildman–Crippen MR) is 88.8 cm³/mol. The predicted octanol–water partition coefficient (Wildman–Crippen LogP) is 0.572. The monoisotopic (exact) mass is 326 g/mol. The SMILES string of the molecule is Cc1cc(C)n(CCNC(=O)c2cnc3c(c2)ncn3C)c(=O)n1. The Hall–Kier alpha value is -3.03. The molecular formula is C16H18N6O2. The fraction of sp³-hybridized carbons (Fsp3) is 0.312. The van der Waals surface area contributed by atoms with Gasteiger partial charge in [0.2, 0.25) is 0 Å². The van der Waals surface area contributed by atoms with Crippen LogP contribution in [0.15, 0.2) is 29.5 Å². The Kier molecular flexibility index (Phi) is 4.11. The Labute approximate surface area is 138 Å². The van der Waals surface area contributed by atoms with E-state index in [2.05, 4.69) is 20.3 Å². The van der Waals surface area contributed by atoms with Crippen molar-refractivity contribution in [3.63, 3.8) is 0 Å². The van der Waals surface area contributed by atoms with Crippen LogP contribution in [0.4, 0.5) is 0 Å². The molecule has 3 aromatic rings. The lowest BCUT2D eigenvalue weighted by atomic mass is 10.2. The Morgan fingerprint density at radius 2 is 2.04 bits per heavy atom. The zero-order valence-electron chi connectivity index (χ0n) is 13.8. The summed E-state index contributed by atoms with van der Waals surface area (Å²) in [6.07, 6.45) is 3.17. The van der Waals surface area contributed by atoms with E-state index >= 15 is 0 Å². The van der Waals surface area contributed by atoms with Gasteiger partial charge >= 0.3 is 5.69 Å². The summed E-state index contributed by atoms with van der Waals surface area (Å²) in [6.45, 7) is 4.31. The van der Waals surface area contributed by atoms with Gasteiger partial charge in [-0.3, -0.25) is 9.36 Å². The van der Waals surface area contributed by atoms with Crippen molar-refractivity contribution in [2.75, 3.05) is 6.54 Å². The number of aryl methyl sites for hydroxylation is 3. The largest absolute Gasteiger partial charge is 0.350 e. The number of hydrogen-bond acceptors (Lipinski definition) is 5. The zero-order chi connectivity index (χ0) is 17.3. The van der Waals surface area contributed by atoms with Crippen molar-refractivity contribution >= 4 is 17.1 Å². The van der Waals surface area contributed by atoms with Crippen LogP contribution in [0.1, 0.15) is 21.7 Å². The highest BCUT2D eigenvalue weighted by atomic mass is 16.2. The number of hydrogen-bond donors (Lipinski definition) is 1. The van der Waals surface area contributed by atoms with Gasteiger partial charge in [0.1, 0.15) is 5.52 Å². The molecule has 1 N–H and O–H groups in total. The molecule has 0 aliphatic carbocycles. The third kappa shape index (κ3) is 3.03. The molecule has 0 fully saturated rings. The highest BCUT2D eigenvalue weighted by Crippen LogP contribution is 2.10. The fourth-order valence-electron chi connectivity index (χ4n) is 2.57. The first-order valence-electron chi connectivity index (χ1n) is 7.56. The first kappa shape index (κ1) is 15.9. The van der Waals surface area contributed by atoms with Crippen LogP contribution in [0.5, 0.6) is 0 Å². The molecule has 0 radical (unpaired) electrons. The first-order chi connectivity index (χ1) is 11.5. The van der Waals surface area contributed by atoms with Gasteiger partial charge in [-0.25, -0.2) is 14.8 Å². The zero-order valence-corrected chi connectivity index (χ0v) is 13.8. The van der Waals surface area contributed by atoms with Gasteiger partial charge in [-0.15, -0.1) is 0 Å². The number of nitrogens with zero attached hydrogens (tertiary/aromatic N) is 5. The second kappa shape index (κ2) is 6.23. The third-order valence-corrected chi connectivity index (χ3v) is 3.78. The summed E-state index contributed by atoms with van der Waals surface area (Å²) < 4.78 is 3.32. The maximum absolute atomic E-state index is 12.2. The van der Waals surface area contributed by atoms with Gasteiger partial charge in [0.05, 0.1) is 11.9 Å². The number of imidazole rings is 1. The topological polar surface area (TPSA) is 94.7 Å². The van der Waals surface area contributed by atoms with E-state index in [0.717, 1.165) is 11.3 Å². The average Bonchev–Trinajstić information content (AvgIpc) is 2.90. The molecule has 0 aliphatic heterocycles. The molecule has 0 unspecified atom stereocenters. The Bertz CT molecular complexity index is 972. The summed E-state index contributed by atoms with van der Waals surface area (Å²) in [4.78, 5) is 36.4. The van der Waals surface area contributed by atoms with E-state index in [1.807, 2.05) is 20.0 Å². The van der Waals surface area contributed by atoms with Gasteiger partial charge in [-0.2, -0.15) is 4.98 Å². The van der Waals surface area contributed by atoms with Crippen molar-refractivity contribution in [1.82, 2.24) is 29.4 Å². The average molecular weight is 326 g/mol. The third-order valence-electron chi connectivity index (χ3n) is 3.78. The number of aromatic nitrogens is 5. The van der Waals surface area contributed by atoms with E-state index in [9.17, 15) is 9.59 Å². The van der Waals surface area contributed by atoms with Crippen LogP contribution in [-0.4, -0.2) is 36.5 Å². The summed E-state index contributed by atoms with van der Waals surface area (Å²) in [7, 11) is 1.84. The van der Waals surface area contributed by atoms with Crippen LogP contribution >= 0.6 is 0 Å². The summed E-state index contributed by atoms with van der Waals surface area (Å²) in [6, 6.07) is 3.53. The quantitative estimate of drug-likeness (QED) is 0.756. The lowest BCUT2D eigenvalue weighted by Gasteiger charge is -2.10. The molecule has 0 atom stereocenters. The van der Waals surface area contributed by atoms with Crippen molar-refractivity contribution in [2.24, 2.45) is 7.05 Å². The lowest BCUT2D eigenvalue weighted by molar-refractivity contribution is 0.0952. The van der Waals surface area contributed by atoms with Crippen molar-refractivity contribution in [2.45, 2.75) is 20.4 Å². The van der Waals surface area contributed by atoms with Crippen molar-refractivity contribution < 1.29 is 4.79 Å². The molecule has 0 aromatic carbocycles. The van der Waals surface area contributed by atoms with Crippen LogP contribution in [-0.2, 0) is 13.6 Å². The van der Waals surface area contributed by atoms with Crippen molar-refractivity contribution in [1.29, 1.82) is 0 Å². The minimum atomic E-state index is -0.307. The van der Waals surface area contributed by atoms with E-state index in [1.54, 1.807) is 23.9 Å². The van der Waals surface area contributed by atoms with Crippen LogP contribution in [0.2, 0.25) is 0 Å². The van der Waals surface area contributed by atoms with E-state index in [4.69, 9.17) is 0 Å². The van der Waals surface area contributed by atoms with Crippen LogP contribution in [0.25, 0.3) is 11.2 Å². The highest BCUT2D eigenvalue weighted by molar-refractivity contribution is 5.96. The highest BCUT2D eigenvalue weighted by Gasteiger charge is 2.10. The summed E-state index contributed by atoms with van der Waals surface area (Å²) in [5.74, 6) is -0.249. The van der Waals surface area contributed by atoms with Gasteiger partial charge in [0, 0.05) is 37.7 Å². The second-order valence-electron chi connectivity index (χ2n) is 5.65. The first-order valence-corrected chi connectivity index (χ1v) is 7.56. The molecule has 1 amide bonds. The molecule has 3 heterocycles. The van der Waals surface area contributed by atoms with Gasteiger partial charge in [-0.05, 0) is 26.0 Å². The van der Waals surface area contributed by atoms with Crippen LogP contribution in [0.3, 0.4) is 0 Å². The minimum absolute atomic E-state index is 0.249. The number of nitrogens with one attached hydrogen (secondary N) is 1.